The van der Waals surface area contributed by atoms with E-state index in [0.29, 0.717) is 0 Å². The fraction of sp³-hybridized carbons (Fsp3) is 0.875. The van der Waals surface area contributed by atoms with E-state index in [4.69, 9.17) is 5.11 Å². The van der Waals surface area contributed by atoms with Crippen LogP contribution in [0.2, 0.25) is 0 Å². The summed E-state index contributed by atoms with van der Waals surface area (Å²) in [5.41, 5.74) is 0. The molecular weight excluding hydrogens is 142 g/mol. The van der Waals surface area contributed by atoms with E-state index in [9.17, 15) is 4.79 Å². The lowest BCUT2D eigenvalue weighted by atomic mass is 10.1. The fourth-order valence-corrected chi connectivity index (χ4v) is 0.349. The van der Waals surface area contributed by atoms with Crippen molar-refractivity contribution in [2.24, 2.45) is 5.92 Å². The van der Waals surface area contributed by atoms with Crippen LogP contribution >= 0.6 is 0 Å². The zero-order valence-electron chi connectivity index (χ0n) is 8.09. The van der Waals surface area contributed by atoms with Crippen molar-refractivity contribution in [1.82, 2.24) is 4.90 Å². The molecule has 0 atom stereocenters. The summed E-state index contributed by atoms with van der Waals surface area (Å²) < 4.78 is 0. The molecule has 0 aromatic heterocycles. The number of hydrogen-bond acceptors (Lipinski definition) is 2. The van der Waals surface area contributed by atoms with Gasteiger partial charge in [-0.2, -0.15) is 0 Å². The average Bonchev–Trinajstić information content (AvgIpc) is 1.56. The molecule has 0 fully saturated rings. The highest BCUT2D eigenvalue weighted by atomic mass is 16.4. The van der Waals surface area contributed by atoms with Crippen LogP contribution in [0, 0.1) is 5.92 Å². The number of carboxylic acids is 1. The highest BCUT2D eigenvalue weighted by Crippen LogP contribution is 1.96. The molecular formula is C8H19NO2. The molecule has 0 amide bonds. The molecule has 0 rings (SSSR count). The maximum Gasteiger partial charge on any atom is 0.303 e. The predicted octanol–water partition coefficient (Wildman–Crippen LogP) is 1.29. The standard InChI is InChI=1S/C5H10O2.C3H9N/c1-4(2)3-5(6)7;1-4(2)3/h4H,3H2,1-2H3,(H,6,7);1-3H3. The Kier molecular flexibility index (Phi) is 8.94. The summed E-state index contributed by atoms with van der Waals surface area (Å²) in [6.45, 7) is 3.77. The highest BCUT2D eigenvalue weighted by Gasteiger charge is 1.98. The lowest BCUT2D eigenvalue weighted by Gasteiger charge is -1.94. The smallest absolute Gasteiger partial charge is 0.303 e. The van der Waals surface area contributed by atoms with Gasteiger partial charge in [0.1, 0.15) is 0 Å². The van der Waals surface area contributed by atoms with E-state index in [2.05, 4.69) is 0 Å². The summed E-state index contributed by atoms with van der Waals surface area (Å²) >= 11 is 0. The van der Waals surface area contributed by atoms with Crippen LogP contribution in [0.15, 0.2) is 0 Å². The van der Waals surface area contributed by atoms with Crippen LogP contribution in [0.3, 0.4) is 0 Å². The Balaban J connectivity index is 0. The van der Waals surface area contributed by atoms with Crippen molar-refractivity contribution in [1.29, 1.82) is 0 Å². The van der Waals surface area contributed by atoms with Gasteiger partial charge in [0, 0.05) is 6.42 Å². The normalized spacial score (nSPS) is 9.36. The van der Waals surface area contributed by atoms with Crippen molar-refractivity contribution in [2.45, 2.75) is 20.3 Å². The van der Waals surface area contributed by atoms with Crippen molar-refractivity contribution < 1.29 is 9.90 Å². The van der Waals surface area contributed by atoms with E-state index in [1.807, 2.05) is 39.9 Å². The summed E-state index contributed by atoms with van der Waals surface area (Å²) in [6.07, 6.45) is 0.278. The summed E-state index contributed by atoms with van der Waals surface area (Å²) in [5.74, 6) is -0.438. The second-order valence-electron chi connectivity index (χ2n) is 3.33. The minimum Gasteiger partial charge on any atom is -0.481 e. The maximum atomic E-state index is 9.81. The van der Waals surface area contributed by atoms with Gasteiger partial charge in [0.2, 0.25) is 0 Å². The second-order valence-corrected chi connectivity index (χ2v) is 3.33. The van der Waals surface area contributed by atoms with Crippen LogP contribution in [-0.4, -0.2) is 37.1 Å². The van der Waals surface area contributed by atoms with E-state index in [1.54, 1.807) is 0 Å². The Morgan fingerprint density at radius 3 is 1.64 bits per heavy atom. The van der Waals surface area contributed by atoms with E-state index < -0.39 is 5.97 Å². The predicted molar refractivity (Wildman–Crippen MR) is 46.7 cm³/mol. The van der Waals surface area contributed by atoms with Crippen LogP contribution in [0.25, 0.3) is 0 Å². The van der Waals surface area contributed by atoms with Crippen molar-refractivity contribution >= 4 is 5.97 Å². The second kappa shape index (κ2) is 7.54. The van der Waals surface area contributed by atoms with Gasteiger partial charge >= 0.3 is 5.97 Å². The maximum absolute atomic E-state index is 9.81. The molecule has 0 aromatic rings. The third-order valence-corrected chi connectivity index (χ3v) is 0.583. The third kappa shape index (κ3) is 44.2. The van der Waals surface area contributed by atoms with Crippen molar-refractivity contribution in [3.05, 3.63) is 0 Å². The molecule has 0 saturated heterocycles. The molecule has 0 unspecified atom stereocenters. The zero-order chi connectivity index (χ0) is 9.44. The summed E-state index contributed by atoms with van der Waals surface area (Å²) in [6, 6.07) is 0. The molecule has 0 radical (unpaired) electrons. The topological polar surface area (TPSA) is 40.5 Å². The van der Waals surface area contributed by atoms with Crippen LogP contribution in [0.1, 0.15) is 20.3 Å². The van der Waals surface area contributed by atoms with Crippen molar-refractivity contribution in [2.75, 3.05) is 21.1 Å². The minimum absolute atomic E-state index is 0.275. The van der Waals surface area contributed by atoms with E-state index in [-0.39, 0.29) is 12.3 Å². The highest BCUT2D eigenvalue weighted by molar-refractivity contribution is 5.66. The Labute approximate surface area is 69.0 Å². The van der Waals surface area contributed by atoms with Gasteiger partial charge in [0.05, 0.1) is 0 Å². The molecule has 0 saturated carbocycles. The largest absolute Gasteiger partial charge is 0.481 e. The van der Waals surface area contributed by atoms with E-state index in [1.165, 1.54) is 0 Å². The third-order valence-electron chi connectivity index (χ3n) is 0.583. The molecule has 0 aliphatic rings. The molecule has 11 heavy (non-hydrogen) atoms. The number of rotatable bonds is 2. The van der Waals surface area contributed by atoms with Gasteiger partial charge in [0.25, 0.3) is 0 Å². The molecule has 0 aliphatic heterocycles. The average molecular weight is 161 g/mol. The number of carboxylic acid groups (broad SMARTS) is 1. The summed E-state index contributed by atoms with van der Waals surface area (Å²) in [4.78, 5) is 11.8. The van der Waals surface area contributed by atoms with Crippen LogP contribution in [-0.2, 0) is 4.79 Å². The molecule has 3 nitrogen and oxygen atoms in total. The number of aliphatic carboxylic acids is 1. The first-order valence-corrected chi connectivity index (χ1v) is 3.69. The van der Waals surface area contributed by atoms with Gasteiger partial charge < -0.3 is 10.0 Å². The van der Waals surface area contributed by atoms with E-state index >= 15 is 0 Å². The Morgan fingerprint density at radius 2 is 1.64 bits per heavy atom. The van der Waals surface area contributed by atoms with Gasteiger partial charge in [0.15, 0.2) is 0 Å². The molecule has 0 spiro atoms. The van der Waals surface area contributed by atoms with Gasteiger partial charge in [-0.05, 0) is 27.1 Å². The zero-order valence-corrected chi connectivity index (χ0v) is 8.09. The first kappa shape index (κ1) is 13.1. The Hall–Kier alpha value is -0.570. The lowest BCUT2D eigenvalue weighted by Crippen LogP contribution is -1.99. The quantitative estimate of drug-likeness (QED) is 0.663. The van der Waals surface area contributed by atoms with Crippen LogP contribution < -0.4 is 0 Å². The summed E-state index contributed by atoms with van der Waals surface area (Å²) in [7, 11) is 6.00. The molecule has 0 heterocycles. The van der Waals surface area contributed by atoms with Gasteiger partial charge in [-0.15, -0.1) is 0 Å². The Morgan fingerprint density at radius 1 is 1.36 bits per heavy atom. The minimum atomic E-state index is -0.713. The molecule has 0 aliphatic carbocycles. The van der Waals surface area contributed by atoms with Crippen LogP contribution in [0.4, 0.5) is 0 Å². The molecule has 0 aromatic carbocycles. The molecule has 0 bridgehead atoms. The van der Waals surface area contributed by atoms with Gasteiger partial charge in [-0.25, -0.2) is 0 Å². The van der Waals surface area contributed by atoms with Crippen LogP contribution in [0.5, 0.6) is 0 Å². The number of carbonyl (C=O) groups is 1. The van der Waals surface area contributed by atoms with E-state index in [0.717, 1.165) is 0 Å². The molecule has 1 N–H and O–H groups in total. The number of hydrogen-bond donors (Lipinski definition) is 1. The monoisotopic (exact) mass is 161 g/mol. The first-order chi connectivity index (χ1) is 4.86. The Bertz CT molecular complexity index is 97.5. The SMILES string of the molecule is CC(C)CC(=O)O.CN(C)C. The van der Waals surface area contributed by atoms with Gasteiger partial charge in [-0.3, -0.25) is 4.79 Å². The molecule has 3 heteroatoms. The molecule has 68 valence electrons. The number of nitrogens with zero attached hydrogens (tertiary/aromatic N) is 1. The van der Waals surface area contributed by atoms with Crippen molar-refractivity contribution in [3.63, 3.8) is 0 Å². The van der Waals surface area contributed by atoms with Gasteiger partial charge in [-0.1, -0.05) is 13.8 Å². The summed E-state index contributed by atoms with van der Waals surface area (Å²) in [5, 5.41) is 8.08. The fourth-order valence-electron chi connectivity index (χ4n) is 0.349. The van der Waals surface area contributed by atoms with Crippen molar-refractivity contribution in [3.8, 4) is 0 Å². The lowest BCUT2D eigenvalue weighted by molar-refractivity contribution is -0.137. The first-order valence-electron chi connectivity index (χ1n) is 3.69.